The van der Waals surface area contributed by atoms with Gasteiger partial charge in [-0.15, -0.1) is 0 Å². The lowest BCUT2D eigenvalue weighted by atomic mass is 10.1. The molecule has 26 heavy (non-hydrogen) atoms. The van der Waals surface area contributed by atoms with Crippen LogP contribution in [0.1, 0.15) is 16.8 Å². The third-order valence-corrected chi connectivity index (χ3v) is 5.31. The molecule has 0 spiro atoms. The molecule has 1 N–H and O–H groups in total. The van der Waals surface area contributed by atoms with Gasteiger partial charge in [-0.25, -0.2) is 4.98 Å². The summed E-state index contributed by atoms with van der Waals surface area (Å²) in [5.41, 5.74) is 3.70. The Kier molecular flexibility index (Phi) is 4.94. The van der Waals surface area contributed by atoms with Gasteiger partial charge in [0.05, 0.1) is 11.3 Å². The van der Waals surface area contributed by atoms with E-state index in [0.29, 0.717) is 17.4 Å². The number of H-pyrrole nitrogens is 1. The topological polar surface area (TPSA) is 49.0 Å². The van der Waals surface area contributed by atoms with Crippen molar-refractivity contribution in [2.75, 3.05) is 6.54 Å². The van der Waals surface area contributed by atoms with Gasteiger partial charge in [-0.1, -0.05) is 39.7 Å². The van der Waals surface area contributed by atoms with Crippen molar-refractivity contribution in [2.45, 2.75) is 19.5 Å². The average Bonchev–Trinajstić information content (AvgIpc) is 2.63. The summed E-state index contributed by atoms with van der Waals surface area (Å²) in [6.07, 6.45) is 0.772. The number of halogens is 2. The maximum absolute atomic E-state index is 12.6. The summed E-state index contributed by atoms with van der Waals surface area (Å²) in [6.45, 7) is 2.32. The lowest BCUT2D eigenvalue weighted by Crippen LogP contribution is -2.35. The lowest BCUT2D eigenvalue weighted by Gasteiger charge is -2.27. The number of hydrogen-bond donors (Lipinski definition) is 1. The zero-order chi connectivity index (χ0) is 18.1. The summed E-state index contributed by atoms with van der Waals surface area (Å²) in [5.74, 6) is 0.603. The summed E-state index contributed by atoms with van der Waals surface area (Å²) >= 11 is 9.44. The van der Waals surface area contributed by atoms with E-state index in [0.717, 1.165) is 40.8 Å². The Morgan fingerprint density at radius 1 is 1.19 bits per heavy atom. The van der Waals surface area contributed by atoms with Crippen molar-refractivity contribution >= 4 is 27.5 Å². The van der Waals surface area contributed by atoms with E-state index < -0.39 is 0 Å². The van der Waals surface area contributed by atoms with Crippen LogP contribution in [0.4, 0.5) is 0 Å². The molecule has 6 heteroatoms. The van der Waals surface area contributed by atoms with Gasteiger partial charge >= 0.3 is 0 Å². The van der Waals surface area contributed by atoms with Gasteiger partial charge in [0.1, 0.15) is 5.82 Å². The summed E-state index contributed by atoms with van der Waals surface area (Å²) in [4.78, 5) is 22.5. The van der Waals surface area contributed by atoms with Gasteiger partial charge in [-0.3, -0.25) is 9.69 Å². The number of nitrogens with zero attached hydrogens (tertiary/aromatic N) is 2. The molecule has 132 valence electrons. The Morgan fingerprint density at radius 3 is 2.77 bits per heavy atom. The van der Waals surface area contributed by atoms with Crippen LogP contribution in [0.25, 0.3) is 11.4 Å². The first-order valence-electron chi connectivity index (χ1n) is 8.43. The fourth-order valence-electron chi connectivity index (χ4n) is 3.25. The molecule has 3 aromatic rings. The monoisotopic (exact) mass is 429 g/mol. The SMILES string of the molecule is O=c1[nH]c(-c2ccc(Cl)cc2)nc2c1CN(Cc1cccc(Br)c1)CC2. The smallest absolute Gasteiger partial charge is 0.255 e. The standard InChI is InChI=1S/C20H17BrClN3O/c21-15-3-1-2-13(10-15)11-25-9-8-18-17(12-25)20(26)24-19(23-18)14-4-6-16(22)7-5-14/h1-7,10H,8-9,11-12H2,(H,23,24,26). The molecule has 0 atom stereocenters. The second-order valence-corrected chi connectivity index (χ2v) is 7.79. The highest BCUT2D eigenvalue weighted by Crippen LogP contribution is 2.22. The van der Waals surface area contributed by atoms with Gasteiger partial charge in [-0.2, -0.15) is 0 Å². The highest BCUT2D eigenvalue weighted by atomic mass is 79.9. The fraction of sp³-hybridized carbons (Fsp3) is 0.200. The van der Waals surface area contributed by atoms with Crippen molar-refractivity contribution in [3.05, 3.63) is 85.2 Å². The number of rotatable bonds is 3. The largest absolute Gasteiger partial charge is 0.306 e. The normalized spacial score (nSPS) is 14.2. The zero-order valence-electron chi connectivity index (χ0n) is 14.0. The molecule has 0 radical (unpaired) electrons. The number of nitrogens with one attached hydrogen (secondary N) is 1. The van der Waals surface area contributed by atoms with E-state index in [9.17, 15) is 4.79 Å². The van der Waals surface area contributed by atoms with E-state index in [1.54, 1.807) is 12.1 Å². The van der Waals surface area contributed by atoms with Gasteiger partial charge in [-0.05, 0) is 42.0 Å². The Morgan fingerprint density at radius 2 is 2.00 bits per heavy atom. The zero-order valence-corrected chi connectivity index (χ0v) is 16.3. The van der Waals surface area contributed by atoms with Crippen LogP contribution in [0.5, 0.6) is 0 Å². The van der Waals surface area contributed by atoms with Gasteiger partial charge in [0.25, 0.3) is 5.56 Å². The Balaban J connectivity index is 1.58. The quantitative estimate of drug-likeness (QED) is 0.669. The van der Waals surface area contributed by atoms with Crippen LogP contribution in [-0.2, 0) is 19.5 Å². The highest BCUT2D eigenvalue weighted by molar-refractivity contribution is 9.10. The van der Waals surface area contributed by atoms with Gasteiger partial charge < -0.3 is 4.98 Å². The van der Waals surface area contributed by atoms with Crippen molar-refractivity contribution in [3.63, 3.8) is 0 Å². The van der Waals surface area contributed by atoms with Crippen LogP contribution in [0.15, 0.2) is 57.8 Å². The minimum atomic E-state index is -0.0566. The predicted molar refractivity (Wildman–Crippen MR) is 107 cm³/mol. The Hall–Kier alpha value is -1.95. The molecule has 4 rings (SSSR count). The first kappa shape index (κ1) is 17.5. The molecule has 0 fully saturated rings. The van der Waals surface area contributed by atoms with E-state index in [-0.39, 0.29) is 5.56 Å². The van der Waals surface area contributed by atoms with Crippen LogP contribution < -0.4 is 5.56 Å². The van der Waals surface area contributed by atoms with Crippen molar-refractivity contribution in [3.8, 4) is 11.4 Å². The van der Waals surface area contributed by atoms with Crippen molar-refractivity contribution in [1.29, 1.82) is 0 Å². The minimum Gasteiger partial charge on any atom is -0.306 e. The van der Waals surface area contributed by atoms with Crippen molar-refractivity contribution in [1.82, 2.24) is 14.9 Å². The molecule has 1 aliphatic heterocycles. The molecule has 0 aliphatic carbocycles. The van der Waals surface area contributed by atoms with E-state index in [1.807, 2.05) is 24.3 Å². The van der Waals surface area contributed by atoms with E-state index in [4.69, 9.17) is 16.6 Å². The number of aromatic amines is 1. The predicted octanol–water partition coefficient (Wildman–Crippen LogP) is 4.41. The average molecular weight is 431 g/mol. The van der Waals surface area contributed by atoms with Crippen LogP contribution in [0.2, 0.25) is 5.02 Å². The minimum absolute atomic E-state index is 0.0566. The molecule has 1 aromatic heterocycles. The summed E-state index contributed by atoms with van der Waals surface area (Å²) in [7, 11) is 0. The van der Waals surface area contributed by atoms with E-state index >= 15 is 0 Å². The molecular weight excluding hydrogens is 414 g/mol. The molecule has 0 saturated carbocycles. The second-order valence-electron chi connectivity index (χ2n) is 6.44. The first-order chi connectivity index (χ1) is 12.6. The fourth-order valence-corrected chi connectivity index (χ4v) is 3.83. The molecule has 0 unspecified atom stereocenters. The molecule has 0 bridgehead atoms. The van der Waals surface area contributed by atoms with Gasteiger partial charge in [0.15, 0.2) is 0 Å². The molecule has 0 amide bonds. The van der Waals surface area contributed by atoms with Crippen molar-refractivity contribution < 1.29 is 0 Å². The number of hydrogen-bond acceptors (Lipinski definition) is 3. The Labute approximate surface area is 165 Å². The molecule has 0 saturated heterocycles. The second kappa shape index (κ2) is 7.35. The van der Waals surface area contributed by atoms with Crippen molar-refractivity contribution in [2.24, 2.45) is 0 Å². The van der Waals surface area contributed by atoms with Crippen LogP contribution in [-0.4, -0.2) is 21.4 Å². The van der Waals surface area contributed by atoms with Crippen LogP contribution in [0.3, 0.4) is 0 Å². The molecule has 2 aromatic carbocycles. The number of fused-ring (bicyclic) bond motifs is 1. The third kappa shape index (κ3) is 3.75. The molecular formula is C20H17BrClN3O. The van der Waals surface area contributed by atoms with Crippen LogP contribution >= 0.6 is 27.5 Å². The van der Waals surface area contributed by atoms with E-state index in [1.165, 1.54) is 5.56 Å². The maximum Gasteiger partial charge on any atom is 0.255 e. The lowest BCUT2D eigenvalue weighted by molar-refractivity contribution is 0.242. The molecule has 4 nitrogen and oxygen atoms in total. The summed E-state index contributed by atoms with van der Waals surface area (Å²) in [6, 6.07) is 15.6. The van der Waals surface area contributed by atoms with E-state index in [2.05, 4.69) is 37.9 Å². The maximum atomic E-state index is 12.6. The molecule has 2 heterocycles. The van der Waals surface area contributed by atoms with Gasteiger partial charge in [0, 0.05) is 41.1 Å². The van der Waals surface area contributed by atoms with Gasteiger partial charge in [0.2, 0.25) is 0 Å². The highest BCUT2D eigenvalue weighted by Gasteiger charge is 2.21. The third-order valence-electron chi connectivity index (χ3n) is 4.56. The number of benzene rings is 2. The molecule has 1 aliphatic rings. The Bertz CT molecular complexity index is 1000. The number of aromatic nitrogens is 2. The first-order valence-corrected chi connectivity index (χ1v) is 9.60. The summed E-state index contributed by atoms with van der Waals surface area (Å²) < 4.78 is 1.07. The van der Waals surface area contributed by atoms with Crippen LogP contribution in [0, 0.1) is 0 Å². The summed E-state index contributed by atoms with van der Waals surface area (Å²) in [5, 5.41) is 0.664.